The molecule has 1 heterocycles. The first kappa shape index (κ1) is 23.3. The molecule has 0 atom stereocenters. The van der Waals surface area contributed by atoms with Crippen molar-refractivity contribution in [3.05, 3.63) is 100 Å². The second-order valence-electron chi connectivity index (χ2n) is 8.69. The first-order valence-corrected chi connectivity index (χ1v) is 11.2. The lowest BCUT2D eigenvalue weighted by atomic mass is 10.0. The number of benzene rings is 3. The second-order valence-corrected chi connectivity index (χ2v) is 8.69. The number of nitrogens with zero attached hydrogens (tertiary/aromatic N) is 1. The van der Waals surface area contributed by atoms with E-state index in [9.17, 15) is 9.59 Å². The summed E-state index contributed by atoms with van der Waals surface area (Å²) in [5.74, 6) is -0.634. The van der Waals surface area contributed by atoms with E-state index in [0.717, 1.165) is 30.0 Å². The van der Waals surface area contributed by atoms with Gasteiger partial charge in [-0.1, -0.05) is 48.0 Å². The van der Waals surface area contributed by atoms with Gasteiger partial charge >= 0.3 is 5.97 Å². The van der Waals surface area contributed by atoms with E-state index in [2.05, 4.69) is 65.9 Å². The predicted octanol–water partition coefficient (Wildman–Crippen LogP) is 5.21. The number of allylic oxidation sites excluding steroid dienone is 1. The summed E-state index contributed by atoms with van der Waals surface area (Å²) < 4.78 is 4.76. The van der Waals surface area contributed by atoms with Gasteiger partial charge in [-0.2, -0.15) is 0 Å². The van der Waals surface area contributed by atoms with E-state index in [1.165, 1.54) is 23.8 Å². The van der Waals surface area contributed by atoms with Crippen LogP contribution in [0.4, 0.5) is 11.4 Å². The Morgan fingerprint density at radius 3 is 2.21 bits per heavy atom. The molecular weight excluding hydrogens is 426 g/mol. The Balaban J connectivity index is 1.43. The molecule has 174 valence electrons. The monoisotopic (exact) mass is 455 g/mol. The van der Waals surface area contributed by atoms with E-state index in [-0.39, 0.29) is 5.91 Å². The number of ether oxygens (including phenoxy) is 1. The van der Waals surface area contributed by atoms with Crippen molar-refractivity contribution in [3.8, 4) is 0 Å². The van der Waals surface area contributed by atoms with E-state index >= 15 is 0 Å². The summed E-state index contributed by atoms with van der Waals surface area (Å²) in [6.45, 7) is 5.70. The van der Waals surface area contributed by atoms with Crippen molar-refractivity contribution >= 4 is 28.8 Å². The van der Waals surface area contributed by atoms with Crippen LogP contribution in [0.1, 0.15) is 39.5 Å². The molecule has 4 rings (SSSR count). The van der Waals surface area contributed by atoms with E-state index in [1.807, 2.05) is 19.1 Å². The minimum atomic E-state index is -0.436. The Labute approximate surface area is 200 Å². The summed E-state index contributed by atoms with van der Waals surface area (Å²) in [4.78, 5) is 26.7. The molecule has 1 aliphatic rings. The molecule has 1 amide bonds. The van der Waals surface area contributed by atoms with Gasteiger partial charge in [-0.3, -0.25) is 9.69 Å². The van der Waals surface area contributed by atoms with Crippen LogP contribution < -0.4 is 10.6 Å². The van der Waals surface area contributed by atoms with Gasteiger partial charge in [-0.05, 0) is 56.3 Å². The highest BCUT2D eigenvalue weighted by Crippen LogP contribution is 2.35. The van der Waals surface area contributed by atoms with E-state index in [4.69, 9.17) is 4.74 Å². The third-order valence-electron chi connectivity index (χ3n) is 5.87. The van der Waals surface area contributed by atoms with Crippen LogP contribution in [0.2, 0.25) is 0 Å². The fourth-order valence-corrected chi connectivity index (χ4v) is 4.14. The quantitative estimate of drug-likeness (QED) is 0.378. The Bertz CT molecular complexity index is 1240. The number of rotatable bonds is 7. The minimum Gasteiger partial charge on any atom is -0.465 e. The van der Waals surface area contributed by atoms with E-state index in [0.29, 0.717) is 16.8 Å². The van der Waals surface area contributed by atoms with Crippen molar-refractivity contribution in [1.82, 2.24) is 4.90 Å². The summed E-state index contributed by atoms with van der Waals surface area (Å²) in [5.41, 5.74) is 7.75. The molecule has 0 radical (unpaired) electrons. The van der Waals surface area contributed by atoms with Crippen LogP contribution in [0.5, 0.6) is 0 Å². The summed E-state index contributed by atoms with van der Waals surface area (Å²) in [7, 11) is 3.45. The minimum absolute atomic E-state index is 0.198. The highest BCUT2D eigenvalue weighted by Gasteiger charge is 2.27. The van der Waals surface area contributed by atoms with Crippen LogP contribution in [0.15, 0.2) is 72.4 Å². The largest absolute Gasteiger partial charge is 0.465 e. The van der Waals surface area contributed by atoms with Crippen molar-refractivity contribution < 1.29 is 14.3 Å². The standard InChI is InChI=1S/C28H29N3O3/c1-18-5-7-20(8-6-18)16-31(3)17-21-9-12-23(13-10-21)29-19(2)26-24-14-11-22(28(33)34-4)15-25(24)30-27(26)32/h5-15,29H,16-17H2,1-4H3,(H,30,32). The Morgan fingerprint density at radius 1 is 0.971 bits per heavy atom. The topological polar surface area (TPSA) is 70.7 Å². The van der Waals surface area contributed by atoms with Gasteiger partial charge in [-0.25, -0.2) is 4.79 Å². The molecule has 2 N–H and O–H groups in total. The van der Waals surface area contributed by atoms with E-state index < -0.39 is 5.97 Å². The number of carbonyl (C=O) groups excluding carboxylic acids is 2. The molecule has 6 nitrogen and oxygen atoms in total. The Kier molecular flexibility index (Phi) is 6.80. The highest BCUT2D eigenvalue weighted by atomic mass is 16.5. The van der Waals surface area contributed by atoms with Gasteiger partial charge in [0, 0.05) is 30.0 Å². The zero-order valence-corrected chi connectivity index (χ0v) is 19.9. The first-order valence-electron chi connectivity index (χ1n) is 11.2. The van der Waals surface area contributed by atoms with Crippen LogP contribution in [0, 0.1) is 6.92 Å². The van der Waals surface area contributed by atoms with Crippen LogP contribution in [0.3, 0.4) is 0 Å². The number of esters is 1. The average molecular weight is 456 g/mol. The third-order valence-corrected chi connectivity index (χ3v) is 5.87. The molecule has 3 aromatic carbocycles. The number of nitrogens with one attached hydrogen (secondary N) is 2. The smallest absolute Gasteiger partial charge is 0.337 e. The molecule has 1 aliphatic heterocycles. The summed E-state index contributed by atoms with van der Waals surface area (Å²) in [6.07, 6.45) is 0. The fourth-order valence-electron chi connectivity index (χ4n) is 4.14. The highest BCUT2D eigenvalue weighted by molar-refractivity contribution is 6.32. The number of hydrogen-bond acceptors (Lipinski definition) is 5. The molecular formula is C28H29N3O3. The maximum atomic E-state index is 12.6. The lowest BCUT2D eigenvalue weighted by Gasteiger charge is -2.17. The van der Waals surface area contributed by atoms with Gasteiger partial charge < -0.3 is 15.4 Å². The fraction of sp³-hybridized carbons (Fsp3) is 0.214. The molecule has 0 unspecified atom stereocenters. The normalized spacial score (nSPS) is 14.0. The summed E-state index contributed by atoms with van der Waals surface area (Å²) in [6, 6.07) is 21.9. The van der Waals surface area contributed by atoms with Crippen molar-refractivity contribution in [2.24, 2.45) is 0 Å². The number of carbonyl (C=O) groups is 2. The van der Waals surface area contributed by atoms with Gasteiger partial charge in [0.2, 0.25) is 0 Å². The lowest BCUT2D eigenvalue weighted by Crippen LogP contribution is -2.17. The molecule has 0 spiro atoms. The summed E-state index contributed by atoms with van der Waals surface area (Å²) in [5, 5.41) is 6.18. The molecule has 0 saturated carbocycles. The van der Waals surface area contributed by atoms with Crippen molar-refractivity contribution in [2.75, 3.05) is 24.8 Å². The van der Waals surface area contributed by atoms with Crippen LogP contribution >= 0.6 is 0 Å². The zero-order valence-electron chi connectivity index (χ0n) is 19.9. The molecule has 0 aromatic heterocycles. The SMILES string of the molecule is COC(=O)c1ccc2c(c1)NC(=O)C2=C(C)Nc1ccc(CN(C)Cc2ccc(C)cc2)cc1. The molecule has 3 aromatic rings. The lowest BCUT2D eigenvalue weighted by molar-refractivity contribution is -0.110. The predicted molar refractivity (Wildman–Crippen MR) is 135 cm³/mol. The van der Waals surface area contributed by atoms with Crippen LogP contribution in [0.25, 0.3) is 5.57 Å². The number of aryl methyl sites for hydroxylation is 1. The molecule has 0 bridgehead atoms. The maximum absolute atomic E-state index is 12.6. The van der Waals surface area contributed by atoms with Gasteiger partial charge in [0.25, 0.3) is 5.91 Å². The van der Waals surface area contributed by atoms with Crippen molar-refractivity contribution in [3.63, 3.8) is 0 Å². The molecule has 0 fully saturated rings. The molecule has 6 heteroatoms. The second kappa shape index (κ2) is 9.93. The Morgan fingerprint density at radius 2 is 1.59 bits per heavy atom. The van der Waals surface area contributed by atoms with Crippen LogP contribution in [-0.2, 0) is 22.6 Å². The van der Waals surface area contributed by atoms with Gasteiger partial charge in [0.1, 0.15) is 0 Å². The molecule has 0 saturated heterocycles. The summed E-state index contributed by atoms with van der Waals surface area (Å²) >= 11 is 0. The van der Waals surface area contributed by atoms with Crippen molar-refractivity contribution in [2.45, 2.75) is 26.9 Å². The Hall–Kier alpha value is -3.90. The molecule has 0 aliphatic carbocycles. The van der Waals surface area contributed by atoms with Crippen LogP contribution in [-0.4, -0.2) is 30.9 Å². The zero-order chi connectivity index (χ0) is 24.2. The average Bonchev–Trinajstić information content (AvgIpc) is 3.16. The third kappa shape index (κ3) is 5.18. The van der Waals surface area contributed by atoms with Gasteiger partial charge in [0.15, 0.2) is 0 Å². The van der Waals surface area contributed by atoms with E-state index in [1.54, 1.807) is 18.2 Å². The van der Waals surface area contributed by atoms with Gasteiger partial charge in [-0.15, -0.1) is 0 Å². The molecule has 34 heavy (non-hydrogen) atoms. The number of methoxy groups -OCH3 is 1. The number of fused-ring (bicyclic) bond motifs is 1. The number of anilines is 2. The number of amides is 1. The van der Waals surface area contributed by atoms with Gasteiger partial charge in [0.05, 0.1) is 23.9 Å². The maximum Gasteiger partial charge on any atom is 0.337 e. The first-order chi connectivity index (χ1) is 16.3. The number of hydrogen-bond donors (Lipinski definition) is 2. The van der Waals surface area contributed by atoms with Crippen molar-refractivity contribution in [1.29, 1.82) is 0 Å².